The van der Waals surface area contributed by atoms with Crippen molar-refractivity contribution < 1.29 is 13.2 Å². The Morgan fingerprint density at radius 3 is 2.27 bits per heavy atom. The molecule has 0 aliphatic carbocycles. The Kier molecular flexibility index (Phi) is 5.82. The van der Waals surface area contributed by atoms with Crippen LogP contribution in [0.2, 0.25) is 0 Å². The predicted octanol–water partition coefficient (Wildman–Crippen LogP) is 4.69. The number of hydrogen-bond acceptors (Lipinski definition) is 5. The molecule has 0 bridgehead atoms. The van der Waals surface area contributed by atoms with Gasteiger partial charge >= 0.3 is 6.18 Å². The van der Waals surface area contributed by atoms with E-state index in [9.17, 15) is 13.2 Å². The third-order valence-electron chi connectivity index (χ3n) is 3.52. The maximum absolute atomic E-state index is 13.0. The molecule has 0 amide bonds. The van der Waals surface area contributed by atoms with Crippen LogP contribution in [0.3, 0.4) is 0 Å². The average Bonchev–Trinajstić information content (AvgIpc) is 2.63. The number of benzene rings is 2. The Hall–Kier alpha value is -3.52. The molecule has 1 atom stereocenters. The van der Waals surface area contributed by atoms with E-state index in [4.69, 9.17) is 10.5 Å². The van der Waals surface area contributed by atoms with Crippen LogP contribution < -0.4 is 10.7 Å². The third kappa shape index (κ3) is 4.74. The lowest BCUT2D eigenvalue weighted by atomic mass is 10.1. The Labute approximate surface area is 148 Å². The summed E-state index contributed by atoms with van der Waals surface area (Å²) in [6.45, 7) is 1.86. The number of alkyl halides is 3. The van der Waals surface area contributed by atoms with E-state index < -0.39 is 17.5 Å². The fourth-order valence-corrected chi connectivity index (χ4v) is 2.19. The van der Waals surface area contributed by atoms with Crippen molar-refractivity contribution in [3.8, 4) is 12.1 Å². The van der Waals surface area contributed by atoms with Gasteiger partial charge in [0.15, 0.2) is 0 Å². The van der Waals surface area contributed by atoms with Gasteiger partial charge in [-0.05, 0) is 30.7 Å². The standard InChI is InChI=1S/C18H14F3N5/c1-12(13-5-3-2-4-6-13)24-16-8-7-14(18(19,20)21)9-17(16)26-25-15(10-22)11-23/h2-9,12,24,26H,1H3. The lowest BCUT2D eigenvalue weighted by molar-refractivity contribution is -0.137. The van der Waals surface area contributed by atoms with Gasteiger partial charge in [0, 0.05) is 6.04 Å². The second-order valence-corrected chi connectivity index (χ2v) is 5.33. The van der Waals surface area contributed by atoms with Crippen LogP contribution in [0.25, 0.3) is 0 Å². The largest absolute Gasteiger partial charge is 0.416 e. The summed E-state index contributed by atoms with van der Waals surface area (Å²) in [4.78, 5) is 0. The Morgan fingerprint density at radius 1 is 1.04 bits per heavy atom. The van der Waals surface area contributed by atoms with Crippen molar-refractivity contribution in [2.45, 2.75) is 19.1 Å². The van der Waals surface area contributed by atoms with Gasteiger partial charge in [0.2, 0.25) is 5.71 Å². The summed E-state index contributed by atoms with van der Waals surface area (Å²) < 4.78 is 38.9. The molecule has 0 aromatic heterocycles. The minimum Gasteiger partial charge on any atom is -0.377 e. The van der Waals surface area contributed by atoms with E-state index in [0.29, 0.717) is 5.69 Å². The number of nitrogens with one attached hydrogen (secondary N) is 2. The smallest absolute Gasteiger partial charge is 0.377 e. The third-order valence-corrected chi connectivity index (χ3v) is 3.52. The molecule has 0 radical (unpaired) electrons. The molecule has 0 spiro atoms. The first kappa shape index (κ1) is 18.8. The summed E-state index contributed by atoms with van der Waals surface area (Å²) in [7, 11) is 0. The molecule has 0 aliphatic heterocycles. The summed E-state index contributed by atoms with van der Waals surface area (Å²) in [5.74, 6) is 0. The Bertz CT molecular complexity index is 860. The molecular weight excluding hydrogens is 343 g/mol. The van der Waals surface area contributed by atoms with Gasteiger partial charge in [-0.3, -0.25) is 5.43 Å². The maximum Gasteiger partial charge on any atom is 0.416 e. The Balaban J connectivity index is 2.36. The Morgan fingerprint density at radius 2 is 1.69 bits per heavy atom. The first-order chi connectivity index (χ1) is 12.3. The molecule has 0 heterocycles. The predicted molar refractivity (Wildman–Crippen MR) is 92.2 cm³/mol. The van der Waals surface area contributed by atoms with Crippen molar-refractivity contribution in [1.29, 1.82) is 10.5 Å². The maximum atomic E-state index is 13.0. The van der Waals surface area contributed by atoms with Gasteiger partial charge in [-0.2, -0.15) is 28.8 Å². The minimum atomic E-state index is -4.53. The summed E-state index contributed by atoms with van der Waals surface area (Å²) in [6, 6.07) is 15.3. The van der Waals surface area contributed by atoms with Gasteiger partial charge < -0.3 is 5.32 Å². The fourth-order valence-electron chi connectivity index (χ4n) is 2.19. The number of anilines is 2. The van der Waals surface area contributed by atoms with Gasteiger partial charge in [0.05, 0.1) is 16.9 Å². The van der Waals surface area contributed by atoms with Crippen molar-refractivity contribution in [2.24, 2.45) is 5.10 Å². The normalized spacial score (nSPS) is 11.6. The second-order valence-electron chi connectivity index (χ2n) is 5.33. The van der Waals surface area contributed by atoms with Crippen molar-refractivity contribution in [2.75, 3.05) is 10.7 Å². The molecule has 132 valence electrons. The van der Waals surface area contributed by atoms with E-state index in [1.54, 1.807) is 0 Å². The highest BCUT2D eigenvalue weighted by molar-refractivity contribution is 6.10. The lowest BCUT2D eigenvalue weighted by Crippen LogP contribution is -2.11. The van der Waals surface area contributed by atoms with Crippen LogP contribution in [0.4, 0.5) is 24.5 Å². The second kappa shape index (κ2) is 8.04. The molecular formula is C18H14F3N5. The average molecular weight is 357 g/mol. The van der Waals surface area contributed by atoms with Crippen molar-refractivity contribution in [3.05, 3.63) is 59.7 Å². The van der Waals surface area contributed by atoms with Crippen LogP contribution >= 0.6 is 0 Å². The molecule has 0 saturated heterocycles. The summed E-state index contributed by atoms with van der Waals surface area (Å²) >= 11 is 0. The molecule has 0 saturated carbocycles. The van der Waals surface area contributed by atoms with Crippen molar-refractivity contribution in [3.63, 3.8) is 0 Å². The number of halogens is 3. The molecule has 2 aromatic rings. The zero-order valence-electron chi connectivity index (χ0n) is 13.7. The van der Waals surface area contributed by atoms with Crippen LogP contribution in [0.5, 0.6) is 0 Å². The van der Waals surface area contributed by atoms with Crippen LogP contribution in [-0.4, -0.2) is 5.71 Å². The highest BCUT2D eigenvalue weighted by atomic mass is 19.4. The van der Waals surface area contributed by atoms with E-state index in [2.05, 4.69) is 15.8 Å². The number of hydrogen-bond donors (Lipinski definition) is 2. The zero-order chi connectivity index (χ0) is 19.2. The lowest BCUT2D eigenvalue weighted by Gasteiger charge is -2.19. The van der Waals surface area contributed by atoms with Gasteiger partial charge in [0.25, 0.3) is 0 Å². The first-order valence-corrected chi connectivity index (χ1v) is 7.51. The highest BCUT2D eigenvalue weighted by Crippen LogP contribution is 2.35. The van der Waals surface area contributed by atoms with Crippen molar-refractivity contribution >= 4 is 17.1 Å². The molecule has 26 heavy (non-hydrogen) atoms. The molecule has 2 aromatic carbocycles. The van der Waals surface area contributed by atoms with Gasteiger partial charge in [-0.1, -0.05) is 30.3 Å². The van der Waals surface area contributed by atoms with Crippen LogP contribution in [0.1, 0.15) is 24.1 Å². The number of rotatable bonds is 5. The van der Waals surface area contributed by atoms with E-state index in [1.165, 1.54) is 18.2 Å². The molecule has 0 aliphatic rings. The summed E-state index contributed by atoms with van der Waals surface area (Å²) in [5.41, 5.74) is 2.30. The SMILES string of the molecule is CC(Nc1ccc(C(F)(F)F)cc1NN=C(C#N)C#N)c1ccccc1. The van der Waals surface area contributed by atoms with E-state index in [-0.39, 0.29) is 11.7 Å². The van der Waals surface area contributed by atoms with E-state index in [0.717, 1.165) is 17.7 Å². The van der Waals surface area contributed by atoms with Crippen LogP contribution in [0.15, 0.2) is 53.6 Å². The molecule has 1 unspecified atom stereocenters. The molecule has 2 rings (SSSR count). The summed E-state index contributed by atoms with van der Waals surface area (Å²) in [6.07, 6.45) is -4.53. The van der Waals surface area contributed by atoms with Crippen molar-refractivity contribution in [1.82, 2.24) is 0 Å². The zero-order valence-corrected chi connectivity index (χ0v) is 13.7. The van der Waals surface area contributed by atoms with Crippen LogP contribution in [-0.2, 0) is 6.18 Å². The van der Waals surface area contributed by atoms with E-state index in [1.807, 2.05) is 37.3 Å². The molecule has 2 N–H and O–H groups in total. The fraction of sp³-hybridized carbons (Fsp3) is 0.167. The van der Waals surface area contributed by atoms with Gasteiger partial charge in [-0.25, -0.2) is 0 Å². The number of nitriles is 2. The van der Waals surface area contributed by atoms with Gasteiger partial charge in [0.1, 0.15) is 12.1 Å². The molecule has 8 heteroatoms. The number of hydrazone groups is 1. The minimum absolute atomic E-state index is 0.00519. The monoisotopic (exact) mass is 357 g/mol. The topological polar surface area (TPSA) is 84.0 Å². The highest BCUT2D eigenvalue weighted by Gasteiger charge is 2.31. The first-order valence-electron chi connectivity index (χ1n) is 7.51. The molecule has 5 nitrogen and oxygen atoms in total. The van der Waals surface area contributed by atoms with Gasteiger partial charge in [-0.15, -0.1) is 0 Å². The summed E-state index contributed by atoms with van der Waals surface area (Å²) in [5, 5.41) is 24.1. The number of nitrogens with zero attached hydrogens (tertiary/aromatic N) is 3. The molecule has 0 fully saturated rings. The van der Waals surface area contributed by atoms with Crippen LogP contribution in [0, 0.1) is 22.7 Å². The van der Waals surface area contributed by atoms with E-state index >= 15 is 0 Å². The quantitative estimate of drug-likeness (QED) is 0.600.